The lowest BCUT2D eigenvalue weighted by Gasteiger charge is -2.20. The van der Waals surface area contributed by atoms with Gasteiger partial charge in [0.05, 0.1) is 13.2 Å². The average Bonchev–Trinajstić information content (AvgIpc) is 3.57. The molecule has 0 aliphatic carbocycles. The summed E-state index contributed by atoms with van der Waals surface area (Å²) in [5.74, 6) is 46.8. The van der Waals surface area contributed by atoms with Gasteiger partial charge in [-0.1, -0.05) is 170 Å². The first kappa shape index (κ1) is 54.2. The lowest BCUT2D eigenvalue weighted by Crippen LogP contribution is -2.02. The Labute approximate surface area is 483 Å². The summed E-state index contributed by atoms with van der Waals surface area (Å²) in [5.41, 5.74) is 14.1. The molecule has 0 atom stereocenters. The lowest BCUT2D eigenvalue weighted by atomic mass is 9.91. The largest absolute Gasteiger partial charge is 0.493 e. The average molecular weight is 1050 g/mol. The van der Waals surface area contributed by atoms with Crippen LogP contribution in [0, 0.1) is 95.7 Å². The second-order valence-electron chi connectivity index (χ2n) is 19.4. The van der Waals surface area contributed by atoms with Crippen molar-refractivity contribution in [3.63, 3.8) is 0 Å². The maximum absolute atomic E-state index is 6.66. The van der Waals surface area contributed by atoms with Crippen LogP contribution < -0.4 is 9.47 Å². The highest BCUT2D eigenvalue weighted by Gasteiger charge is 2.20. The number of terminal acetylenes is 2. The molecule has 2 heteroatoms. The van der Waals surface area contributed by atoms with Crippen LogP contribution in [0.3, 0.4) is 0 Å². The highest BCUT2D eigenvalue weighted by atomic mass is 16.5. The van der Waals surface area contributed by atoms with E-state index in [2.05, 4.69) is 157 Å². The van der Waals surface area contributed by atoms with Gasteiger partial charge in [-0.2, -0.15) is 0 Å². The fraction of sp³-hybridized carbons (Fsp3) is 0.100. The number of rotatable bonds is 9. The molecule has 0 radical (unpaired) electrons. The summed E-state index contributed by atoms with van der Waals surface area (Å²) in [6.07, 6.45) is 15.1. The molecule has 10 aromatic carbocycles. The molecule has 0 bridgehead atoms. The summed E-state index contributed by atoms with van der Waals surface area (Å²) < 4.78 is 13.3. The van der Waals surface area contributed by atoms with Gasteiger partial charge in [-0.15, -0.1) is 12.8 Å². The van der Waals surface area contributed by atoms with Crippen molar-refractivity contribution in [3.8, 4) is 118 Å². The Morgan fingerprint density at radius 3 is 0.780 bits per heavy atom. The lowest BCUT2D eigenvalue weighted by molar-refractivity contribution is 0.306. The molecular weight excluding hydrogens is 993 g/mol. The number of unbranched alkanes of at least 4 members (excludes halogenated alkanes) is 2. The van der Waals surface area contributed by atoms with E-state index in [4.69, 9.17) is 22.3 Å². The fourth-order valence-corrected chi connectivity index (χ4v) is 9.12. The number of hydrogen-bond acceptors (Lipinski definition) is 2. The van der Waals surface area contributed by atoms with Crippen molar-refractivity contribution in [1.29, 1.82) is 0 Å². The first-order chi connectivity index (χ1) is 40.4. The predicted molar refractivity (Wildman–Crippen MR) is 338 cm³/mol. The van der Waals surface area contributed by atoms with Crippen molar-refractivity contribution >= 4 is 21.5 Å². The highest BCUT2D eigenvalue weighted by Crippen LogP contribution is 2.46. The summed E-state index contributed by atoms with van der Waals surface area (Å²) in [6, 6.07) is 68.6. The van der Waals surface area contributed by atoms with Crippen LogP contribution in [-0.2, 0) is 0 Å². The maximum atomic E-state index is 6.66. The zero-order valence-electron chi connectivity index (χ0n) is 45.8. The Morgan fingerprint density at radius 2 is 0.524 bits per heavy atom. The number of benzene rings is 10. The first-order valence-electron chi connectivity index (χ1n) is 27.5. The van der Waals surface area contributed by atoms with Crippen LogP contribution in [0.1, 0.15) is 117 Å². The van der Waals surface area contributed by atoms with Gasteiger partial charge in [0.2, 0.25) is 0 Å². The van der Waals surface area contributed by atoms with Crippen molar-refractivity contribution in [2.24, 2.45) is 0 Å². The van der Waals surface area contributed by atoms with Crippen molar-refractivity contribution in [2.45, 2.75) is 39.5 Å². The molecule has 0 aromatic heterocycles. The van der Waals surface area contributed by atoms with Crippen molar-refractivity contribution in [2.75, 3.05) is 13.2 Å². The van der Waals surface area contributed by atoms with Gasteiger partial charge in [0.25, 0.3) is 0 Å². The monoisotopic (exact) mass is 1050 g/mol. The van der Waals surface area contributed by atoms with E-state index in [1.54, 1.807) is 0 Å². The smallest absolute Gasteiger partial charge is 0.127 e. The molecule has 0 N–H and O–H groups in total. The Morgan fingerprint density at radius 1 is 0.280 bits per heavy atom. The Balaban J connectivity index is 0.917. The minimum Gasteiger partial charge on any atom is -0.493 e. The molecule has 0 saturated carbocycles. The fourth-order valence-electron chi connectivity index (χ4n) is 9.12. The molecule has 386 valence electrons. The van der Waals surface area contributed by atoms with E-state index in [1.807, 2.05) is 146 Å². The third-order valence-corrected chi connectivity index (χ3v) is 13.3. The van der Waals surface area contributed by atoms with Crippen LogP contribution in [0.5, 0.6) is 11.5 Å². The molecule has 0 aliphatic rings. The minimum atomic E-state index is 0.600. The van der Waals surface area contributed by atoms with E-state index in [0.29, 0.717) is 13.2 Å². The summed E-state index contributed by atoms with van der Waals surface area (Å²) in [5, 5.41) is 4.19. The van der Waals surface area contributed by atoms with Crippen LogP contribution in [-0.4, -0.2) is 13.2 Å². The zero-order chi connectivity index (χ0) is 56.3. The normalized spacial score (nSPS) is 10.0. The zero-order valence-corrected chi connectivity index (χ0v) is 45.8. The Hall–Kier alpha value is -11.2. The molecule has 0 unspecified atom stereocenters. The van der Waals surface area contributed by atoms with Gasteiger partial charge in [0.15, 0.2) is 0 Å². The highest BCUT2D eigenvalue weighted by molar-refractivity contribution is 6.10. The van der Waals surface area contributed by atoms with E-state index in [0.717, 1.165) is 148 Å². The second-order valence-corrected chi connectivity index (χ2v) is 19.4. The van der Waals surface area contributed by atoms with Gasteiger partial charge in [-0.05, 0) is 180 Å². The topological polar surface area (TPSA) is 18.5 Å². The van der Waals surface area contributed by atoms with E-state index < -0.39 is 0 Å². The molecule has 0 aliphatic heterocycles. The van der Waals surface area contributed by atoms with Gasteiger partial charge in [0, 0.05) is 89.0 Å². The molecule has 10 aromatic rings. The van der Waals surface area contributed by atoms with Gasteiger partial charge >= 0.3 is 0 Å². The Kier molecular flexibility index (Phi) is 17.8. The van der Waals surface area contributed by atoms with Gasteiger partial charge in [-0.25, -0.2) is 0 Å². The number of fused-ring (bicyclic) bond motifs is 2. The van der Waals surface area contributed by atoms with Crippen LogP contribution in [0.15, 0.2) is 206 Å². The van der Waals surface area contributed by atoms with Crippen LogP contribution in [0.4, 0.5) is 0 Å². The number of hydrogen-bond donors (Lipinski definition) is 0. The molecule has 0 saturated heterocycles. The molecule has 0 amide bonds. The molecule has 10 rings (SSSR count). The van der Waals surface area contributed by atoms with E-state index in [9.17, 15) is 0 Å². The molecule has 2 nitrogen and oxygen atoms in total. The maximum Gasteiger partial charge on any atom is 0.127 e. The van der Waals surface area contributed by atoms with Crippen LogP contribution >= 0.6 is 0 Å². The van der Waals surface area contributed by atoms with Gasteiger partial charge in [0.1, 0.15) is 11.5 Å². The molecule has 0 heterocycles. The number of ether oxygens (including phenoxy) is 2. The molecule has 0 spiro atoms. The van der Waals surface area contributed by atoms with Crippen molar-refractivity contribution in [3.05, 3.63) is 284 Å². The molecule has 0 fully saturated rings. The summed E-state index contributed by atoms with van der Waals surface area (Å²) in [7, 11) is 0. The summed E-state index contributed by atoms with van der Waals surface area (Å²) >= 11 is 0. The van der Waals surface area contributed by atoms with Crippen LogP contribution in [0.25, 0.3) is 32.7 Å². The second kappa shape index (κ2) is 26.9. The van der Waals surface area contributed by atoms with Crippen LogP contribution in [0.2, 0.25) is 0 Å². The quantitative estimate of drug-likeness (QED) is 0.106. The first-order valence-corrected chi connectivity index (χ1v) is 27.5. The SMILES string of the molecule is C#Cc1cccc(C#Cc2cccc(C#Cc3cccc(C#Cc4ccc5c(-c6c(OCCCC)ccc7cc(C#Cc8cccc(C#Cc9cccc(C#Cc%10cccc(C#C)c%10)c9)c8)ccc67)c(OCCCC)ccc5c4)c3)c2)c1. The van der Waals surface area contributed by atoms with E-state index in [-0.39, 0.29) is 0 Å². The van der Waals surface area contributed by atoms with E-state index in [1.165, 1.54) is 0 Å². The molecule has 82 heavy (non-hydrogen) atoms. The molecular formula is C80H54O2. The van der Waals surface area contributed by atoms with E-state index >= 15 is 0 Å². The van der Waals surface area contributed by atoms with Gasteiger partial charge < -0.3 is 9.47 Å². The summed E-state index contributed by atoms with van der Waals surface area (Å²) in [4.78, 5) is 0. The Bertz CT molecular complexity index is 4260. The standard InChI is InChI=1S/C80H54O2/c1-5-9-49-81-77-47-43-73-57-71(39-37-69-27-15-25-67(55-69)35-33-65-23-13-21-63(53-65)31-29-61-19-11-17-59(7-3)51-61)41-45-75(73)79(77)80-76-46-42-72(58-74(76)44-48-78(80)82-50-10-6-2)40-38-70-28-16-26-68(56-70)36-34-66-24-14-22-64(54-66)32-30-62-20-12-18-60(8-4)52-62/h3-4,11-28,41-48,51-58H,5-6,9-10,49-50H2,1-2H3. The third-order valence-electron chi connectivity index (χ3n) is 13.3. The minimum absolute atomic E-state index is 0.600. The third kappa shape index (κ3) is 14.3. The summed E-state index contributed by atoms with van der Waals surface area (Å²) in [6.45, 7) is 5.55. The van der Waals surface area contributed by atoms with Crippen molar-refractivity contribution in [1.82, 2.24) is 0 Å². The van der Waals surface area contributed by atoms with Gasteiger partial charge in [-0.3, -0.25) is 0 Å². The van der Waals surface area contributed by atoms with Crippen molar-refractivity contribution < 1.29 is 9.47 Å². The predicted octanol–water partition coefficient (Wildman–Crippen LogP) is 16.4.